The van der Waals surface area contributed by atoms with E-state index in [4.69, 9.17) is 4.42 Å². The van der Waals surface area contributed by atoms with Crippen LogP contribution in [0.25, 0.3) is 22.3 Å². The molecular formula is C22H21O+. The van der Waals surface area contributed by atoms with Gasteiger partial charge in [0, 0.05) is 5.56 Å². The van der Waals surface area contributed by atoms with Gasteiger partial charge in [0.1, 0.15) is 0 Å². The van der Waals surface area contributed by atoms with Gasteiger partial charge in [-0.05, 0) is 30.4 Å². The lowest BCUT2D eigenvalue weighted by atomic mass is 9.90. The molecule has 0 N–H and O–H groups in total. The van der Waals surface area contributed by atoms with E-state index >= 15 is 0 Å². The minimum atomic E-state index is 1.06. The van der Waals surface area contributed by atoms with Crippen LogP contribution in [0.3, 0.4) is 0 Å². The maximum atomic E-state index is 6.08. The molecule has 0 atom stereocenters. The fraction of sp³-hybridized carbons (Fsp3) is 0.227. The second-order valence-electron chi connectivity index (χ2n) is 6.22. The fourth-order valence-corrected chi connectivity index (χ4v) is 3.57. The van der Waals surface area contributed by atoms with Crippen molar-refractivity contribution in [2.75, 3.05) is 0 Å². The van der Waals surface area contributed by atoms with Crippen LogP contribution in [-0.2, 0) is 12.8 Å². The van der Waals surface area contributed by atoms with Crippen molar-refractivity contribution in [2.24, 2.45) is 0 Å². The number of aryl methyl sites for hydroxylation is 1. The highest BCUT2D eigenvalue weighted by atomic mass is 16.3. The Morgan fingerprint density at radius 1 is 0.652 bits per heavy atom. The largest absolute Gasteiger partial charge is 0.332 e. The second kappa shape index (κ2) is 6.37. The molecule has 0 fully saturated rings. The molecule has 1 heteroatoms. The van der Waals surface area contributed by atoms with Crippen LogP contribution in [0.2, 0.25) is 0 Å². The Balaban J connectivity index is 1.98. The average Bonchev–Trinajstić information content (AvgIpc) is 2.88. The fourth-order valence-electron chi connectivity index (χ4n) is 3.57. The van der Waals surface area contributed by atoms with Gasteiger partial charge in [-0.1, -0.05) is 67.1 Å². The third kappa shape index (κ3) is 2.79. The van der Waals surface area contributed by atoms with Crippen LogP contribution in [0.15, 0.2) is 71.3 Å². The number of hydrogen-bond donors (Lipinski definition) is 0. The maximum Gasteiger partial charge on any atom is 0.332 e. The van der Waals surface area contributed by atoms with E-state index < -0.39 is 0 Å². The zero-order valence-electron chi connectivity index (χ0n) is 13.3. The highest BCUT2D eigenvalue weighted by Gasteiger charge is 2.26. The summed E-state index contributed by atoms with van der Waals surface area (Å²) in [5.41, 5.74) is 6.50. The van der Waals surface area contributed by atoms with E-state index in [1.165, 1.54) is 52.8 Å². The van der Waals surface area contributed by atoms with Gasteiger partial charge in [-0.3, -0.25) is 0 Å². The SMILES string of the molecule is c1ccc(-c2c[o+]c3c(c2-c2ccccc2)CCCCC3)cc1. The number of fused-ring (bicyclic) bond motifs is 1. The first-order valence-corrected chi connectivity index (χ1v) is 8.51. The minimum absolute atomic E-state index is 1.06. The van der Waals surface area contributed by atoms with Crippen LogP contribution >= 0.6 is 0 Å². The molecule has 1 aliphatic carbocycles. The first kappa shape index (κ1) is 14.2. The van der Waals surface area contributed by atoms with Crippen LogP contribution in [0, 0.1) is 0 Å². The molecule has 0 bridgehead atoms. The summed E-state index contributed by atoms with van der Waals surface area (Å²) < 4.78 is 6.08. The van der Waals surface area contributed by atoms with E-state index in [9.17, 15) is 0 Å². The summed E-state index contributed by atoms with van der Waals surface area (Å²) in [6.45, 7) is 0. The van der Waals surface area contributed by atoms with Crippen LogP contribution < -0.4 is 0 Å². The van der Waals surface area contributed by atoms with E-state index in [1.807, 2.05) is 6.26 Å². The molecule has 0 spiro atoms. The van der Waals surface area contributed by atoms with Crippen molar-refractivity contribution >= 4 is 0 Å². The Morgan fingerprint density at radius 2 is 1.30 bits per heavy atom. The molecule has 0 aliphatic heterocycles. The zero-order chi connectivity index (χ0) is 15.5. The molecule has 3 aromatic rings. The predicted molar refractivity (Wildman–Crippen MR) is 95.2 cm³/mol. The molecule has 0 radical (unpaired) electrons. The molecule has 114 valence electrons. The monoisotopic (exact) mass is 301 g/mol. The van der Waals surface area contributed by atoms with Crippen LogP contribution in [0.1, 0.15) is 30.6 Å². The quantitative estimate of drug-likeness (QED) is 0.407. The van der Waals surface area contributed by atoms with Crippen molar-refractivity contribution in [1.82, 2.24) is 0 Å². The lowest BCUT2D eigenvalue weighted by molar-refractivity contribution is 0.486. The standard InChI is InChI=1S/C22H21O/c1-4-10-17(11-5-1)20-16-23-21-15-9-3-8-14-19(21)22(20)18-12-6-2-7-13-18/h1-2,4-7,10-13,16H,3,8-9,14-15H2/q+1. The van der Waals surface area contributed by atoms with Crippen molar-refractivity contribution in [2.45, 2.75) is 32.1 Å². The van der Waals surface area contributed by atoms with Crippen molar-refractivity contribution < 1.29 is 4.42 Å². The van der Waals surface area contributed by atoms with Crippen molar-refractivity contribution in [1.29, 1.82) is 0 Å². The van der Waals surface area contributed by atoms with Gasteiger partial charge >= 0.3 is 12.0 Å². The van der Waals surface area contributed by atoms with Crippen LogP contribution in [-0.4, -0.2) is 0 Å². The third-order valence-corrected chi connectivity index (χ3v) is 4.70. The molecule has 2 aromatic carbocycles. The lowest BCUT2D eigenvalue weighted by Gasteiger charge is -2.11. The van der Waals surface area contributed by atoms with Crippen molar-refractivity contribution in [3.63, 3.8) is 0 Å². The molecule has 1 aromatic heterocycles. The summed E-state index contributed by atoms with van der Waals surface area (Å²) in [6.07, 6.45) is 7.91. The summed E-state index contributed by atoms with van der Waals surface area (Å²) in [6, 6.07) is 21.3. The van der Waals surface area contributed by atoms with Crippen molar-refractivity contribution in [3.05, 3.63) is 78.3 Å². The van der Waals surface area contributed by atoms with E-state index in [0.29, 0.717) is 0 Å². The Kier molecular flexibility index (Phi) is 3.94. The molecule has 23 heavy (non-hydrogen) atoms. The van der Waals surface area contributed by atoms with E-state index in [0.717, 1.165) is 12.8 Å². The average molecular weight is 301 g/mol. The predicted octanol–water partition coefficient (Wildman–Crippen LogP) is 6.16. The first-order valence-electron chi connectivity index (χ1n) is 8.51. The highest BCUT2D eigenvalue weighted by Crippen LogP contribution is 2.38. The van der Waals surface area contributed by atoms with Crippen LogP contribution in [0.5, 0.6) is 0 Å². The van der Waals surface area contributed by atoms with Gasteiger partial charge in [0.2, 0.25) is 0 Å². The van der Waals surface area contributed by atoms with Gasteiger partial charge in [-0.15, -0.1) is 0 Å². The summed E-state index contributed by atoms with van der Waals surface area (Å²) >= 11 is 0. The molecule has 1 nitrogen and oxygen atoms in total. The second-order valence-corrected chi connectivity index (χ2v) is 6.22. The molecule has 0 unspecified atom stereocenters. The van der Waals surface area contributed by atoms with Gasteiger partial charge in [-0.2, -0.15) is 0 Å². The lowest BCUT2D eigenvalue weighted by Crippen LogP contribution is -1.98. The number of rotatable bonds is 2. The van der Waals surface area contributed by atoms with Gasteiger partial charge < -0.3 is 0 Å². The summed E-state index contributed by atoms with van der Waals surface area (Å²) in [5.74, 6) is 1.18. The first-order chi connectivity index (χ1) is 11.4. The minimum Gasteiger partial charge on any atom is -0.220 e. The van der Waals surface area contributed by atoms with Crippen molar-refractivity contribution in [3.8, 4) is 22.3 Å². The van der Waals surface area contributed by atoms with Gasteiger partial charge in [0.05, 0.1) is 17.5 Å². The number of hydrogen-bond acceptors (Lipinski definition) is 0. The van der Waals surface area contributed by atoms with E-state index in [-0.39, 0.29) is 0 Å². The molecule has 0 saturated heterocycles. The van der Waals surface area contributed by atoms with Crippen LogP contribution in [0.4, 0.5) is 0 Å². The normalized spacial score (nSPS) is 14.1. The number of benzene rings is 2. The third-order valence-electron chi connectivity index (χ3n) is 4.70. The summed E-state index contributed by atoms with van der Waals surface area (Å²) in [5, 5.41) is 0. The highest BCUT2D eigenvalue weighted by molar-refractivity contribution is 5.85. The van der Waals surface area contributed by atoms with Gasteiger partial charge in [0.15, 0.2) is 0 Å². The molecular weight excluding hydrogens is 280 g/mol. The maximum absolute atomic E-state index is 6.08. The summed E-state index contributed by atoms with van der Waals surface area (Å²) in [7, 11) is 0. The Morgan fingerprint density at radius 3 is 2.04 bits per heavy atom. The van der Waals surface area contributed by atoms with E-state index in [2.05, 4.69) is 60.7 Å². The Labute approximate surface area is 137 Å². The Bertz CT molecular complexity index is 791. The summed E-state index contributed by atoms with van der Waals surface area (Å²) in [4.78, 5) is 0. The smallest absolute Gasteiger partial charge is 0.220 e. The molecule has 1 heterocycles. The van der Waals surface area contributed by atoms with Gasteiger partial charge in [0.25, 0.3) is 0 Å². The molecule has 0 amide bonds. The molecule has 0 saturated carbocycles. The topological polar surface area (TPSA) is 11.3 Å². The van der Waals surface area contributed by atoms with E-state index in [1.54, 1.807) is 0 Å². The Hall–Kier alpha value is -2.41. The van der Waals surface area contributed by atoms with Gasteiger partial charge in [-0.25, -0.2) is 4.42 Å². The zero-order valence-corrected chi connectivity index (χ0v) is 13.3. The molecule has 1 aliphatic rings. The molecule has 4 rings (SSSR count).